The van der Waals surface area contributed by atoms with Crippen molar-refractivity contribution < 1.29 is 63.1 Å². The maximum atomic E-state index is 13.7. The first-order chi connectivity index (χ1) is 65.4. The van der Waals surface area contributed by atoms with Gasteiger partial charge in [-0.25, -0.2) is 56.7 Å². The van der Waals surface area contributed by atoms with Crippen LogP contribution in [0.3, 0.4) is 0 Å². The Morgan fingerprint density at radius 1 is 0.449 bits per heavy atom. The Labute approximate surface area is 813 Å². The van der Waals surface area contributed by atoms with Gasteiger partial charge >= 0.3 is 36.5 Å². The highest BCUT2D eigenvalue weighted by Gasteiger charge is 2.65. The number of alkyl halides is 6. The van der Waals surface area contributed by atoms with E-state index in [0.717, 1.165) is 223 Å². The number of amides is 8. The van der Waals surface area contributed by atoms with Gasteiger partial charge in [0, 0.05) is 165 Å². The van der Waals surface area contributed by atoms with Gasteiger partial charge in [-0.15, -0.1) is 45.3 Å². The molecule has 0 spiro atoms. The van der Waals surface area contributed by atoms with Crippen LogP contribution in [0.4, 0.5) is 85.8 Å². The average molecular weight is 2010 g/mol. The van der Waals surface area contributed by atoms with E-state index >= 15 is 0 Å². The van der Waals surface area contributed by atoms with Crippen molar-refractivity contribution in [1.29, 1.82) is 0 Å². The van der Waals surface area contributed by atoms with E-state index in [1.807, 2.05) is 48.7 Å². The van der Waals surface area contributed by atoms with Crippen LogP contribution in [-0.2, 0) is 43.9 Å². The summed E-state index contributed by atoms with van der Waals surface area (Å²) in [6, 6.07) is 12.5. The highest BCUT2D eigenvalue weighted by atomic mass is 35.5. The van der Waals surface area contributed by atoms with Crippen molar-refractivity contribution in [3.8, 4) is 0 Å². The van der Waals surface area contributed by atoms with E-state index in [4.69, 9.17) is 40.4 Å². The van der Waals surface area contributed by atoms with E-state index in [0.29, 0.717) is 82.3 Å². The SMILES string of the molecule is CN(C)Cc1ncc(C2=CCC(N(CCN3CCCC3)C(=O)Nc3ccc(F)c(Cl)c3)CC2)s1.NCc1cnc(C2=CCC(N(CCN3CCCC3)C(=O)Nc3ccc(F)c(Cl)c3)CC2)s1.NCc1ncc(C2=CCC(N(CCN3CCCC3)C(=O)Nc3ccc(F)c(C(F)(F)F)c3)CC2)s1.NCc1ncc([C@]23CC[C@@H](N(CCN4CCCC4)C(=O)Nc4ccc(F)c(C(F)(F)F)c4)[C@H]2C3)s1. The third-order valence-corrected chi connectivity index (χ3v) is 31.9. The van der Waals surface area contributed by atoms with Crippen LogP contribution >= 0.6 is 68.5 Å². The quantitative estimate of drug-likeness (QED) is 0.0215. The van der Waals surface area contributed by atoms with Crippen LogP contribution in [0.2, 0.25) is 10.0 Å². The Morgan fingerprint density at radius 2 is 0.816 bits per heavy atom. The van der Waals surface area contributed by atoms with Gasteiger partial charge < -0.3 is 82.6 Å². The number of urea groups is 4. The summed E-state index contributed by atoms with van der Waals surface area (Å²) in [4.78, 5) is 94.4. The summed E-state index contributed by atoms with van der Waals surface area (Å²) in [5.74, 6) is -3.43. The zero-order valence-corrected chi connectivity index (χ0v) is 81.3. The summed E-state index contributed by atoms with van der Waals surface area (Å²) in [6.07, 6.45) is 23.9. The van der Waals surface area contributed by atoms with E-state index < -0.39 is 58.8 Å². The van der Waals surface area contributed by atoms with Crippen LogP contribution < -0.4 is 38.5 Å². The Balaban J connectivity index is 0.000000145. The van der Waals surface area contributed by atoms with Crippen LogP contribution in [0, 0.1) is 29.2 Å². The number of halogens is 12. The fourth-order valence-electron chi connectivity index (χ4n) is 19.4. The summed E-state index contributed by atoms with van der Waals surface area (Å²) in [6.45, 7) is 15.9. The largest absolute Gasteiger partial charge is 0.419 e. The number of hydrogen-bond donors (Lipinski definition) is 7. The fraction of sp³-hybridized carbons (Fsp3) is 0.521. The van der Waals surface area contributed by atoms with E-state index in [1.54, 1.807) is 61.2 Å². The fourth-order valence-corrected chi connectivity index (χ4v) is 23.6. The molecule has 4 saturated heterocycles. The van der Waals surface area contributed by atoms with Crippen molar-refractivity contribution in [2.24, 2.45) is 23.1 Å². The maximum Gasteiger partial charge on any atom is 0.419 e. The third-order valence-electron chi connectivity index (χ3n) is 26.8. The zero-order valence-electron chi connectivity index (χ0n) is 76.5. The zero-order chi connectivity index (χ0) is 96.4. The Bertz CT molecular complexity index is 5460. The van der Waals surface area contributed by atoms with Crippen molar-refractivity contribution >= 4 is 132 Å². The van der Waals surface area contributed by atoms with Crippen LogP contribution in [0.25, 0.3) is 16.7 Å². The molecule has 6 fully saturated rings. The lowest BCUT2D eigenvalue weighted by Gasteiger charge is -2.35. The molecule has 736 valence electrons. The van der Waals surface area contributed by atoms with Gasteiger partial charge in [0.2, 0.25) is 0 Å². The first kappa shape index (κ1) is 103. The van der Waals surface area contributed by atoms with Gasteiger partial charge in [0.25, 0.3) is 0 Å². The lowest BCUT2D eigenvalue weighted by molar-refractivity contribution is -0.140. The number of anilines is 4. The van der Waals surface area contributed by atoms with Gasteiger partial charge in [0.1, 0.15) is 43.3 Å². The number of rotatable bonds is 29. The number of likely N-dealkylation sites (tertiary alicyclic amines) is 4. The second kappa shape index (κ2) is 47.9. The molecule has 136 heavy (non-hydrogen) atoms. The number of benzene rings is 4. The number of nitrogens with two attached hydrogens (primary N) is 3. The lowest BCUT2D eigenvalue weighted by Crippen LogP contribution is -2.47. The van der Waals surface area contributed by atoms with Gasteiger partial charge in [-0.1, -0.05) is 41.4 Å². The van der Waals surface area contributed by atoms with Gasteiger partial charge in [0.05, 0.1) is 30.9 Å². The van der Waals surface area contributed by atoms with E-state index in [1.165, 1.54) is 88.6 Å². The van der Waals surface area contributed by atoms with Crippen LogP contribution in [0.5, 0.6) is 0 Å². The van der Waals surface area contributed by atoms with Crippen LogP contribution in [0.1, 0.15) is 179 Å². The molecular weight excluding hydrogens is 1890 g/mol. The smallest absolute Gasteiger partial charge is 0.326 e. The number of carbonyl (C=O) groups excluding carboxylic acids is 4. The summed E-state index contributed by atoms with van der Waals surface area (Å²) in [5, 5.41) is 14.9. The molecule has 6 atom stereocenters. The minimum atomic E-state index is -4.84. The third kappa shape index (κ3) is 27.7. The Morgan fingerprint density at radius 3 is 1.17 bits per heavy atom. The molecule has 24 nitrogen and oxygen atoms in total. The molecule has 9 aliphatic rings. The Kier molecular flexibility index (Phi) is 36.4. The number of aromatic nitrogens is 4. The molecular formula is C96H120Cl2F10N20O4S4. The molecule has 4 aromatic carbocycles. The number of carbonyl (C=O) groups is 4. The van der Waals surface area contributed by atoms with Crippen LogP contribution in [0.15, 0.2) is 116 Å². The monoisotopic (exact) mass is 2000 g/mol. The molecule has 0 bridgehead atoms. The average Bonchev–Trinajstić information content (AvgIpc) is 1.53. The second-order valence-corrected chi connectivity index (χ2v) is 41.5. The van der Waals surface area contributed by atoms with Crippen molar-refractivity contribution in [3.05, 3.63) is 200 Å². The summed E-state index contributed by atoms with van der Waals surface area (Å²) in [5.41, 5.74) is 18.9. The van der Waals surface area contributed by atoms with Gasteiger partial charge in [-0.2, -0.15) is 26.3 Å². The number of nitrogens with one attached hydrogen (secondary N) is 4. The molecule has 0 radical (unpaired) electrons. The molecule has 10 N–H and O–H groups in total. The highest BCUT2D eigenvalue weighted by molar-refractivity contribution is 7.13. The predicted molar refractivity (Wildman–Crippen MR) is 520 cm³/mol. The molecule has 2 saturated carbocycles. The summed E-state index contributed by atoms with van der Waals surface area (Å²) < 4.78 is 133. The van der Waals surface area contributed by atoms with E-state index in [2.05, 4.69) is 83.9 Å². The molecule has 4 aliphatic heterocycles. The molecule has 8 amide bonds. The molecule has 40 heteroatoms. The van der Waals surface area contributed by atoms with Crippen molar-refractivity contribution in [1.82, 2.24) is 64.0 Å². The molecule has 4 aromatic heterocycles. The van der Waals surface area contributed by atoms with E-state index in [-0.39, 0.29) is 69.0 Å². The summed E-state index contributed by atoms with van der Waals surface area (Å²) in [7, 11) is 4.10. The Hall–Kier alpha value is -8.74. The minimum Gasteiger partial charge on any atom is -0.326 e. The van der Waals surface area contributed by atoms with Gasteiger partial charge in [-0.05, 0) is 290 Å². The molecule has 5 aliphatic carbocycles. The minimum absolute atomic E-state index is 0.00282. The number of allylic oxidation sites excluding steroid dienone is 3. The van der Waals surface area contributed by atoms with Crippen LogP contribution in [-0.4, -0.2) is 231 Å². The highest BCUT2D eigenvalue weighted by Crippen LogP contribution is 2.66. The molecule has 8 heterocycles. The normalized spacial score (nSPS) is 20.8. The molecule has 8 aromatic rings. The number of fused-ring (bicyclic) bond motifs is 1. The number of thiazole rings is 4. The molecule has 3 unspecified atom stereocenters. The molecule has 17 rings (SSSR count). The number of hydrogen-bond acceptors (Lipinski definition) is 20. The van der Waals surface area contributed by atoms with Crippen molar-refractivity contribution in [3.63, 3.8) is 0 Å². The lowest BCUT2D eigenvalue weighted by atomic mass is 9.93. The predicted octanol–water partition coefficient (Wildman–Crippen LogP) is 20.7. The van der Waals surface area contributed by atoms with Gasteiger partial charge in [0.15, 0.2) is 0 Å². The van der Waals surface area contributed by atoms with E-state index in [9.17, 15) is 63.1 Å². The first-order valence-electron chi connectivity index (χ1n) is 46.8. The van der Waals surface area contributed by atoms with Crippen molar-refractivity contribution in [2.45, 2.75) is 197 Å². The van der Waals surface area contributed by atoms with Gasteiger partial charge in [-0.3, -0.25) is 0 Å². The first-order valence-corrected chi connectivity index (χ1v) is 50.9. The maximum absolute atomic E-state index is 13.7. The standard InChI is InChI=1S/C25H33ClFN5OS.2C24H29F4N5OS.C23H29ClFN5OS/c1-30(2)17-24-28-16-23(34-24)18-5-8-20(9-6-18)32(14-13-31-11-3-4-12-31)25(33)29-19-7-10-22(27)21(26)15-19;25-18-4-3-15(11-16(18)24(26,27)28)31-22(34)33(10-9-32-7-1-2-8-32)19-5-6-23(12-17(19)23)20-14-30-21(13-29)35-20;25-20-8-5-17(13-19(20)24(26,27)28)31-23(34)33(12-11-32-9-1-2-10-32)18-6-3-16(4-7-18)21-15-30-22(14-29)35-21;24-20-13-17(5-8-21(20)25)28-23(31)30(12-11-29-9-1-2-10-29)18-6-3-16(4-7-18)22-27-15-19(14-26)32-22/h5,7,10,15-16,20H,3-4,6,8-9,11-14,17H2,1-2H3,(H,29,33);3-4,11,14,17,19H,1-2,5-10,12-13,29H2,(H,31,34);3,5,8,13,15,18H,1-2,4,6-7,9-12,14,29H2,(H,31,34);3,5,8,13,15,18H,1-2,4,6-7,9-12,14,26H2,(H,28,31)/t;17-,19-,23+;;/m.1../s1. The second-order valence-electron chi connectivity index (χ2n) is 36.2. The van der Waals surface area contributed by atoms with Crippen molar-refractivity contribution in [2.75, 3.05) is 140 Å². The summed E-state index contributed by atoms with van der Waals surface area (Å²) >= 11 is 18.4. The topological polar surface area (TPSA) is 275 Å². The number of nitrogens with zero attached hydrogens (tertiary/aromatic N) is 13.